The number of rotatable bonds is 5. The first-order chi connectivity index (χ1) is 18.2. The lowest BCUT2D eigenvalue weighted by Crippen LogP contribution is -2.22. The van der Waals surface area contributed by atoms with E-state index in [9.17, 15) is 0 Å². The maximum Gasteiger partial charge on any atom is 0.227 e. The monoisotopic (exact) mass is 501 g/mol. The molecule has 37 heavy (non-hydrogen) atoms. The van der Waals surface area contributed by atoms with Crippen LogP contribution in [0.5, 0.6) is 11.6 Å². The molecule has 2 aromatic heterocycles. The number of likely N-dealkylation sites (tertiary alicyclic amines) is 1. The first-order valence-corrected chi connectivity index (χ1v) is 13.2. The minimum absolute atomic E-state index is 0.451. The van der Waals surface area contributed by atoms with Gasteiger partial charge in [-0.3, -0.25) is 0 Å². The molecule has 0 aliphatic carbocycles. The number of nitrogens with zero attached hydrogens (tertiary/aromatic N) is 4. The van der Waals surface area contributed by atoms with Gasteiger partial charge in [-0.25, -0.2) is 15.0 Å². The quantitative estimate of drug-likeness (QED) is 0.372. The highest BCUT2D eigenvalue weighted by atomic mass is 16.5. The van der Waals surface area contributed by atoms with Crippen molar-refractivity contribution in [1.29, 1.82) is 0 Å². The smallest absolute Gasteiger partial charge is 0.227 e. The largest absolute Gasteiger partial charge is 0.493 e. The molecule has 4 heterocycles. The van der Waals surface area contributed by atoms with Crippen LogP contribution < -0.4 is 14.8 Å². The lowest BCUT2D eigenvalue weighted by atomic mass is 10.1. The van der Waals surface area contributed by atoms with Crippen LogP contribution in [-0.4, -0.2) is 59.3 Å². The molecule has 3 aromatic rings. The van der Waals surface area contributed by atoms with Gasteiger partial charge in [0.05, 0.1) is 32.1 Å². The molecule has 0 unspecified atom stereocenters. The number of fused-ring (bicyclic) bond motifs is 7. The highest BCUT2D eigenvalue weighted by Gasteiger charge is 2.13. The van der Waals surface area contributed by atoms with Crippen molar-refractivity contribution in [3.63, 3.8) is 0 Å². The summed E-state index contributed by atoms with van der Waals surface area (Å²) >= 11 is 0. The Morgan fingerprint density at radius 3 is 2.92 bits per heavy atom. The number of aryl methyl sites for hydroxylation is 1. The molecule has 0 radical (unpaired) electrons. The predicted molar refractivity (Wildman–Crippen MR) is 144 cm³/mol. The van der Waals surface area contributed by atoms with Crippen molar-refractivity contribution in [1.82, 2.24) is 19.9 Å². The second kappa shape index (κ2) is 12.7. The van der Waals surface area contributed by atoms with Crippen molar-refractivity contribution in [3.05, 3.63) is 66.0 Å². The van der Waals surface area contributed by atoms with Crippen LogP contribution in [0.4, 0.5) is 11.6 Å². The van der Waals surface area contributed by atoms with E-state index in [0.717, 1.165) is 53.2 Å². The summed E-state index contributed by atoms with van der Waals surface area (Å²) < 4.78 is 18.0. The van der Waals surface area contributed by atoms with Crippen LogP contribution in [0.1, 0.15) is 36.8 Å². The van der Waals surface area contributed by atoms with Gasteiger partial charge in [0.25, 0.3) is 0 Å². The van der Waals surface area contributed by atoms with E-state index in [0.29, 0.717) is 38.3 Å². The number of ether oxygens (including phenoxy) is 3. The zero-order valence-corrected chi connectivity index (χ0v) is 21.5. The van der Waals surface area contributed by atoms with Crippen molar-refractivity contribution in [2.24, 2.45) is 0 Å². The number of pyridine rings is 1. The van der Waals surface area contributed by atoms with Gasteiger partial charge in [0.2, 0.25) is 11.8 Å². The van der Waals surface area contributed by atoms with Crippen LogP contribution in [0.3, 0.4) is 0 Å². The van der Waals surface area contributed by atoms with Gasteiger partial charge >= 0.3 is 0 Å². The van der Waals surface area contributed by atoms with Crippen molar-refractivity contribution in [2.45, 2.75) is 39.2 Å². The number of hydrogen-bond donors (Lipinski definition) is 1. The SMILES string of the molecule is Cc1cnc2nc1-c1ccnc(c1)OCC/C=C/COCc1cc(ccc1OCCCN1CCCC1)N2. The highest BCUT2D eigenvalue weighted by Crippen LogP contribution is 2.28. The first kappa shape index (κ1) is 25.2. The van der Waals surface area contributed by atoms with E-state index in [-0.39, 0.29) is 0 Å². The average molecular weight is 502 g/mol. The van der Waals surface area contributed by atoms with E-state index >= 15 is 0 Å². The molecule has 6 bridgehead atoms. The second-order valence-corrected chi connectivity index (χ2v) is 9.43. The van der Waals surface area contributed by atoms with Gasteiger partial charge in [-0.2, -0.15) is 0 Å². The standard InChI is InChI=1S/C29H35N5O3/c1-22-20-31-29-32-25-8-9-26(36-17-7-14-34-12-3-4-13-34)24(18-25)21-35-15-5-2-6-16-37-27-19-23(10-11-30-27)28(22)33-29/h2,5,8-11,18-20H,3-4,6-7,12-17,21H2,1H3,(H,31,32,33)/b5-2+. The van der Waals surface area contributed by atoms with Gasteiger partial charge in [0.1, 0.15) is 5.75 Å². The predicted octanol–water partition coefficient (Wildman–Crippen LogP) is 5.31. The molecule has 1 N–H and O–H groups in total. The van der Waals surface area contributed by atoms with Crippen molar-refractivity contribution in [2.75, 3.05) is 44.8 Å². The Kier molecular flexibility index (Phi) is 8.61. The number of nitrogens with one attached hydrogen (secondary N) is 1. The molecular weight excluding hydrogens is 466 g/mol. The Hall–Kier alpha value is -3.49. The van der Waals surface area contributed by atoms with Crippen molar-refractivity contribution < 1.29 is 14.2 Å². The maximum atomic E-state index is 6.19. The summed E-state index contributed by atoms with van der Waals surface area (Å²) in [5.74, 6) is 1.96. The number of aromatic nitrogens is 3. The minimum Gasteiger partial charge on any atom is -0.493 e. The molecule has 1 fully saturated rings. The van der Waals surface area contributed by atoms with Crippen LogP contribution in [0.2, 0.25) is 0 Å². The summed E-state index contributed by atoms with van der Waals surface area (Å²) in [5, 5.41) is 3.35. The molecule has 1 saturated heterocycles. The summed E-state index contributed by atoms with van der Waals surface area (Å²) in [5.41, 5.74) is 4.64. The van der Waals surface area contributed by atoms with Crippen LogP contribution in [0.15, 0.2) is 54.9 Å². The lowest BCUT2D eigenvalue weighted by molar-refractivity contribution is 0.144. The van der Waals surface area contributed by atoms with Crippen molar-refractivity contribution >= 4 is 11.6 Å². The number of anilines is 2. The number of benzene rings is 1. The summed E-state index contributed by atoms with van der Waals surface area (Å²) in [6, 6.07) is 9.92. The molecule has 2 aliphatic rings. The Balaban J connectivity index is 1.36. The Bertz CT molecular complexity index is 1210. The van der Waals surface area contributed by atoms with E-state index in [1.165, 1.54) is 25.9 Å². The lowest BCUT2D eigenvalue weighted by Gasteiger charge is -2.17. The van der Waals surface area contributed by atoms with Gasteiger partial charge in [0.15, 0.2) is 0 Å². The van der Waals surface area contributed by atoms with Gasteiger partial charge in [-0.15, -0.1) is 0 Å². The van der Waals surface area contributed by atoms with Gasteiger partial charge < -0.3 is 24.4 Å². The summed E-state index contributed by atoms with van der Waals surface area (Å²) in [6.07, 6.45) is 12.1. The molecule has 8 heteroatoms. The molecule has 8 nitrogen and oxygen atoms in total. The first-order valence-electron chi connectivity index (χ1n) is 13.2. The normalized spacial score (nSPS) is 17.2. The third kappa shape index (κ3) is 7.05. The third-order valence-electron chi connectivity index (χ3n) is 6.54. The van der Waals surface area contributed by atoms with E-state index in [4.69, 9.17) is 19.2 Å². The molecule has 1 aromatic carbocycles. The fraction of sp³-hybridized carbons (Fsp3) is 0.414. The molecular formula is C29H35N5O3. The molecule has 0 spiro atoms. The zero-order valence-electron chi connectivity index (χ0n) is 21.5. The van der Waals surface area contributed by atoms with E-state index in [1.807, 2.05) is 43.5 Å². The molecule has 194 valence electrons. The average Bonchev–Trinajstić information content (AvgIpc) is 3.43. The molecule has 0 amide bonds. The van der Waals surface area contributed by atoms with Crippen LogP contribution in [0.25, 0.3) is 11.3 Å². The van der Waals surface area contributed by atoms with E-state index < -0.39 is 0 Å². The molecule has 0 saturated carbocycles. The second-order valence-electron chi connectivity index (χ2n) is 9.43. The van der Waals surface area contributed by atoms with Crippen molar-refractivity contribution in [3.8, 4) is 22.9 Å². The molecule has 0 atom stereocenters. The van der Waals surface area contributed by atoms with Crippen LogP contribution in [-0.2, 0) is 11.3 Å². The fourth-order valence-electron chi connectivity index (χ4n) is 4.60. The summed E-state index contributed by atoms with van der Waals surface area (Å²) in [7, 11) is 0. The Morgan fingerprint density at radius 2 is 2.00 bits per heavy atom. The minimum atomic E-state index is 0.451. The van der Waals surface area contributed by atoms with E-state index in [2.05, 4.69) is 32.3 Å². The van der Waals surface area contributed by atoms with Crippen LogP contribution in [0, 0.1) is 6.92 Å². The fourth-order valence-corrected chi connectivity index (χ4v) is 4.60. The summed E-state index contributed by atoms with van der Waals surface area (Å²) in [6.45, 7) is 7.72. The molecule has 5 rings (SSSR count). The molecule has 2 aliphatic heterocycles. The number of hydrogen-bond acceptors (Lipinski definition) is 8. The highest BCUT2D eigenvalue weighted by molar-refractivity contribution is 5.66. The van der Waals surface area contributed by atoms with Crippen LogP contribution >= 0.6 is 0 Å². The van der Waals surface area contributed by atoms with Gasteiger partial charge in [-0.05, 0) is 75.5 Å². The Morgan fingerprint density at radius 1 is 1.08 bits per heavy atom. The Labute approximate surface area is 218 Å². The maximum absolute atomic E-state index is 6.19. The van der Waals surface area contributed by atoms with Gasteiger partial charge in [0, 0.05) is 41.8 Å². The third-order valence-corrected chi connectivity index (χ3v) is 6.54. The topological polar surface area (TPSA) is 81.6 Å². The van der Waals surface area contributed by atoms with E-state index in [1.54, 1.807) is 6.20 Å². The summed E-state index contributed by atoms with van der Waals surface area (Å²) in [4.78, 5) is 16.2. The van der Waals surface area contributed by atoms with Gasteiger partial charge in [-0.1, -0.05) is 12.2 Å². The zero-order chi connectivity index (χ0) is 25.3.